The highest BCUT2D eigenvalue weighted by molar-refractivity contribution is 6.42. The largest absolute Gasteiger partial charge is 0.370 e. The van der Waals surface area contributed by atoms with Gasteiger partial charge in [-0.2, -0.15) is 0 Å². The van der Waals surface area contributed by atoms with Crippen LogP contribution >= 0.6 is 23.2 Å². The third-order valence-corrected chi connectivity index (χ3v) is 9.05. The molecule has 4 N–H and O–H groups in total. The first-order valence-electron chi connectivity index (χ1n) is 13.6. The monoisotopic (exact) mass is 571 g/mol. The number of hydrogen-bond donors (Lipinski definition) is 2. The van der Waals surface area contributed by atoms with Crippen LogP contribution in [-0.4, -0.2) is 69.7 Å². The molecule has 0 aliphatic carbocycles. The molecule has 2 saturated heterocycles. The zero-order chi connectivity index (χ0) is 27.7. The van der Waals surface area contributed by atoms with Crippen molar-refractivity contribution in [3.05, 3.63) is 69.2 Å². The van der Waals surface area contributed by atoms with Crippen molar-refractivity contribution in [1.82, 2.24) is 14.7 Å². The van der Waals surface area contributed by atoms with E-state index in [4.69, 9.17) is 34.7 Å². The Balaban J connectivity index is 1.37. The lowest BCUT2D eigenvalue weighted by molar-refractivity contribution is -0.148. The number of amides is 3. The molecule has 3 aliphatic heterocycles. The van der Waals surface area contributed by atoms with E-state index >= 15 is 0 Å². The van der Waals surface area contributed by atoms with Crippen LogP contribution in [-0.2, 0) is 33.9 Å². The Morgan fingerprint density at radius 3 is 2.36 bits per heavy atom. The third-order valence-electron chi connectivity index (χ3n) is 8.32. The molecule has 8 nitrogen and oxygen atoms in total. The summed E-state index contributed by atoms with van der Waals surface area (Å²) in [5, 5.41) is 0.883. The molecule has 0 radical (unpaired) electrons. The summed E-state index contributed by atoms with van der Waals surface area (Å²) < 4.78 is 0. The van der Waals surface area contributed by atoms with E-state index in [1.165, 1.54) is 5.56 Å². The van der Waals surface area contributed by atoms with Crippen LogP contribution in [0.3, 0.4) is 0 Å². The van der Waals surface area contributed by atoms with Crippen molar-refractivity contribution >= 4 is 40.9 Å². The Morgan fingerprint density at radius 2 is 1.72 bits per heavy atom. The quantitative estimate of drug-likeness (QED) is 0.505. The van der Waals surface area contributed by atoms with Gasteiger partial charge in [0.05, 0.1) is 16.1 Å². The third kappa shape index (κ3) is 6.09. The second-order valence-corrected chi connectivity index (χ2v) is 11.8. The average molecular weight is 573 g/mol. The van der Waals surface area contributed by atoms with Crippen LogP contribution in [0.4, 0.5) is 0 Å². The number of primary amides is 1. The second-order valence-electron chi connectivity index (χ2n) is 11.0. The van der Waals surface area contributed by atoms with Crippen LogP contribution in [0.25, 0.3) is 0 Å². The summed E-state index contributed by atoms with van der Waals surface area (Å²) in [4.78, 5) is 45.4. The molecule has 208 valence electrons. The molecule has 3 aliphatic rings. The van der Waals surface area contributed by atoms with Gasteiger partial charge in [-0.25, -0.2) is 0 Å². The molecule has 0 saturated carbocycles. The van der Waals surface area contributed by atoms with Gasteiger partial charge >= 0.3 is 0 Å². The predicted molar refractivity (Wildman–Crippen MR) is 151 cm³/mol. The second kappa shape index (κ2) is 11.8. The summed E-state index contributed by atoms with van der Waals surface area (Å²) in [7, 11) is 0. The average Bonchev–Trinajstić information content (AvgIpc) is 3.47. The molecule has 2 fully saturated rings. The Labute approximate surface area is 239 Å². The van der Waals surface area contributed by atoms with Gasteiger partial charge in [0, 0.05) is 44.7 Å². The minimum Gasteiger partial charge on any atom is -0.370 e. The van der Waals surface area contributed by atoms with Crippen molar-refractivity contribution in [1.29, 1.82) is 0 Å². The van der Waals surface area contributed by atoms with Gasteiger partial charge in [-0.3, -0.25) is 19.3 Å². The number of fused-ring (bicyclic) bond motifs is 2. The first-order valence-corrected chi connectivity index (χ1v) is 14.4. The van der Waals surface area contributed by atoms with Gasteiger partial charge in [0.15, 0.2) is 0 Å². The van der Waals surface area contributed by atoms with E-state index in [1.54, 1.807) is 21.9 Å². The smallest absolute Gasteiger partial charge is 0.245 e. The molecule has 0 aromatic heterocycles. The lowest BCUT2D eigenvalue weighted by Crippen LogP contribution is -2.53. The minimum atomic E-state index is -0.781. The fourth-order valence-corrected chi connectivity index (χ4v) is 6.72. The maximum absolute atomic E-state index is 14.0. The summed E-state index contributed by atoms with van der Waals surface area (Å²) in [5.41, 5.74) is 15.0. The lowest BCUT2D eigenvalue weighted by Gasteiger charge is -2.34. The van der Waals surface area contributed by atoms with Crippen LogP contribution in [0, 0.1) is 0 Å². The number of aryl methyl sites for hydroxylation is 1. The number of carbonyl (C=O) groups is 3. The standard InChI is InChI=1S/C29H35Cl2N5O3/c30-23-12-19-15-34(16-20(19)13-24(23)31)28(38)25(8-9-27(33)37)35-11-10-22(7-6-18-4-2-1-3-5-18)36-17-21(32)14-26(36)29(35)39/h1-5,12-13,21-22,25-26H,6-11,14-17,32H2,(H2,33,37)/t21-,22?,25-,26+/m1/s1. The topological polar surface area (TPSA) is 113 Å². The highest BCUT2D eigenvalue weighted by Gasteiger charge is 2.46. The molecule has 0 spiro atoms. The zero-order valence-electron chi connectivity index (χ0n) is 21.9. The number of nitrogens with zero attached hydrogens (tertiary/aromatic N) is 3. The van der Waals surface area contributed by atoms with Crippen LogP contribution in [0.5, 0.6) is 0 Å². The Hall–Kier alpha value is -2.65. The van der Waals surface area contributed by atoms with Gasteiger partial charge in [0.1, 0.15) is 6.04 Å². The van der Waals surface area contributed by atoms with E-state index in [0.717, 1.165) is 30.4 Å². The summed E-state index contributed by atoms with van der Waals surface area (Å²) in [6, 6.07) is 12.8. The molecule has 2 aromatic rings. The Bertz CT molecular complexity index is 1210. The first-order chi connectivity index (χ1) is 18.7. The van der Waals surface area contributed by atoms with Crippen molar-refractivity contribution in [3.63, 3.8) is 0 Å². The van der Waals surface area contributed by atoms with E-state index in [2.05, 4.69) is 17.0 Å². The van der Waals surface area contributed by atoms with Gasteiger partial charge in [-0.05, 0) is 60.9 Å². The van der Waals surface area contributed by atoms with E-state index < -0.39 is 11.9 Å². The summed E-state index contributed by atoms with van der Waals surface area (Å²) in [6.07, 6.45) is 3.29. The fraction of sp³-hybridized carbons (Fsp3) is 0.483. The lowest BCUT2D eigenvalue weighted by atomic mass is 10.0. The number of benzene rings is 2. The number of nitrogens with two attached hydrogens (primary N) is 2. The van der Waals surface area contributed by atoms with Gasteiger partial charge < -0.3 is 21.3 Å². The number of halogens is 2. The van der Waals surface area contributed by atoms with E-state index in [9.17, 15) is 14.4 Å². The van der Waals surface area contributed by atoms with Gasteiger partial charge in [-0.15, -0.1) is 0 Å². The number of rotatable bonds is 8. The molecule has 3 heterocycles. The fourth-order valence-electron chi connectivity index (χ4n) is 6.34. The molecular formula is C29H35Cl2N5O3. The van der Waals surface area contributed by atoms with E-state index in [1.807, 2.05) is 18.2 Å². The molecule has 4 atom stereocenters. The minimum absolute atomic E-state index is 0.0178. The molecule has 1 unspecified atom stereocenters. The Morgan fingerprint density at radius 1 is 1.05 bits per heavy atom. The zero-order valence-corrected chi connectivity index (χ0v) is 23.4. The summed E-state index contributed by atoms with van der Waals surface area (Å²) in [6.45, 7) is 1.85. The predicted octanol–water partition coefficient (Wildman–Crippen LogP) is 3.11. The van der Waals surface area contributed by atoms with Crippen LogP contribution < -0.4 is 11.5 Å². The van der Waals surface area contributed by atoms with Crippen molar-refractivity contribution in [3.8, 4) is 0 Å². The van der Waals surface area contributed by atoms with Crippen molar-refractivity contribution in [2.75, 3.05) is 13.1 Å². The van der Waals surface area contributed by atoms with Crippen LogP contribution in [0.2, 0.25) is 10.0 Å². The molecule has 10 heteroatoms. The summed E-state index contributed by atoms with van der Waals surface area (Å²) in [5.74, 6) is -0.774. The molecular weight excluding hydrogens is 537 g/mol. The van der Waals surface area contributed by atoms with E-state index in [-0.39, 0.29) is 42.8 Å². The van der Waals surface area contributed by atoms with Crippen molar-refractivity contribution in [2.45, 2.75) is 75.8 Å². The molecule has 5 rings (SSSR count). The van der Waals surface area contributed by atoms with Crippen molar-refractivity contribution < 1.29 is 14.4 Å². The highest BCUT2D eigenvalue weighted by Crippen LogP contribution is 2.34. The SMILES string of the molecule is NC(=O)CC[C@H](C(=O)N1Cc2cc(Cl)c(Cl)cc2C1)N1CCC(CCc2ccccc2)N2C[C@H](N)C[C@H]2C1=O. The van der Waals surface area contributed by atoms with Crippen LogP contribution in [0.15, 0.2) is 42.5 Å². The Kier molecular flexibility index (Phi) is 8.47. The molecule has 3 amide bonds. The van der Waals surface area contributed by atoms with Gasteiger partial charge in [0.25, 0.3) is 0 Å². The highest BCUT2D eigenvalue weighted by atomic mass is 35.5. The number of hydrogen-bond acceptors (Lipinski definition) is 5. The summed E-state index contributed by atoms with van der Waals surface area (Å²) >= 11 is 12.4. The number of carbonyl (C=O) groups excluding carboxylic acids is 3. The molecule has 2 aromatic carbocycles. The van der Waals surface area contributed by atoms with Gasteiger partial charge in [0.2, 0.25) is 17.7 Å². The first kappa shape index (κ1) is 27.9. The van der Waals surface area contributed by atoms with Crippen molar-refractivity contribution in [2.24, 2.45) is 11.5 Å². The maximum Gasteiger partial charge on any atom is 0.245 e. The van der Waals surface area contributed by atoms with Gasteiger partial charge in [-0.1, -0.05) is 53.5 Å². The van der Waals surface area contributed by atoms with E-state index in [0.29, 0.717) is 42.6 Å². The molecule has 39 heavy (non-hydrogen) atoms. The normalized spacial score (nSPS) is 23.9. The maximum atomic E-state index is 14.0. The van der Waals surface area contributed by atoms with Crippen LogP contribution in [0.1, 0.15) is 48.8 Å². The molecule has 0 bridgehead atoms.